The Morgan fingerprint density at radius 3 is 2.48 bits per heavy atom. The third-order valence-corrected chi connectivity index (χ3v) is 5.07. The third kappa shape index (κ3) is 4.80. The van der Waals surface area contributed by atoms with Gasteiger partial charge in [-0.2, -0.15) is 0 Å². The lowest BCUT2D eigenvalue weighted by Crippen LogP contribution is -2.27. The maximum atomic E-state index is 12.4. The number of nitrogens with zero attached hydrogens (tertiary/aromatic N) is 2. The summed E-state index contributed by atoms with van der Waals surface area (Å²) in [6.45, 7) is 3.81. The Hall–Kier alpha value is -3.20. The molecule has 150 valence electrons. The highest BCUT2D eigenvalue weighted by Crippen LogP contribution is 2.22. The average Bonchev–Trinajstić information content (AvgIpc) is 3.01. The number of hydrogen-bond donors (Lipinski definition) is 1. The first-order valence-corrected chi connectivity index (χ1v) is 9.89. The van der Waals surface area contributed by atoms with Crippen LogP contribution in [0.1, 0.15) is 39.0 Å². The monoisotopic (exact) mass is 413 g/mol. The van der Waals surface area contributed by atoms with E-state index in [0.717, 1.165) is 17.3 Å². The second kappa shape index (κ2) is 8.87. The first-order chi connectivity index (χ1) is 13.9. The Balaban J connectivity index is 1.65. The van der Waals surface area contributed by atoms with Crippen LogP contribution in [0.25, 0.3) is 0 Å². The van der Waals surface area contributed by atoms with Crippen LogP contribution in [0.5, 0.6) is 0 Å². The number of aromatic nitrogens is 1. The molecule has 0 radical (unpaired) electrons. The van der Waals surface area contributed by atoms with Crippen molar-refractivity contribution in [2.45, 2.75) is 20.4 Å². The molecule has 1 fully saturated rings. The molecule has 1 saturated heterocycles. The highest BCUT2D eigenvalue weighted by Gasteiger charge is 2.29. The molecule has 29 heavy (non-hydrogen) atoms. The topological polar surface area (TPSA) is 106 Å². The molecule has 0 bridgehead atoms. The van der Waals surface area contributed by atoms with Crippen LogP contribution in [0, 0.1) is 6.92 Å². The largest absolute Gasteiger partial charge is 0.462 e. The van der Waals surface area contributed by atoms with Gasteiger partial charge in [0.15, 0.2) is 0 Å². The van der Waals surface area contributed by atoms with E-state index in [1.807, 2.05) is 0 Å². The van der Waals surface area contributed by atoms with Gasteiger partial charge in [-0.15, -0.1) is 0 Å². The third-order valence-electron chi connectivity index (χ3n) is 4.21. The lowest BCUT2D eigenvalue weighted by molar-refractivity contribution is -0.125. The van der Waals surface area contributed by atoms with Crippen molar-refractivity contribution in [1.29, 1.82) is 0 Å². The van der Waals surface area contributed by atoms with Crippen LogP contribution in [0.3, 0.4) is 0 Å². The molecule has 3 amide bonds. The van der Waals surface area contributed by atoms with Gasteiger partial charge in [-0.1, -0.05) is 23.9 Å². The standard InChI is InChI=1S/C20H19N3O5S/c1-3-28-19(26)15-8-9-16(21-12(15)2)18(25)22-14-6-4-13(5-7-14)10-23-17(24)11-29-20(23)27/h4-9H,3,10-11H2,1-2H3,(H,22,25). The molecule has 1 N–H and O–H groups in total. The highest BCUT2D eigenvalue weighted by atomic mass is 32.2. The number of esters is 1. The molecule has 0 saturated carbocycles. The number of pyridine rings is 1. The van der Waals surface area contributed by atoms with Gasteiger partial charge in [0.05, 0.1) is 30.2 Å². The summed E-state index contributed by atoms with van der Waals surface area (Å²) in [6.07, 6.45) is 0. The summed E-state index contributed by atoms with van der Waals surface area (Å²) >= 11 is 0.993. The van der Waals surface area contributed by atoms with Gasteiger partial charge in [0, 0.05) is 5.69 Å². The molecule has 8 nitrogen and oxygen atoms in total. The van der Waals surface area contributed by atoms with Crippen molar-refractivity contribution in [3.05, 3.63) is 58.9 Å². The molecule has 2 aromatic rings. The Morgan fingerprint density at radius 1 is 1.17 bits per heavy atom. The fourth-order valence-electron chi connectivity index (χ4n) is 2.72. The van der Waals surface area contributed by atoms with Crippen LogP contribution in [0.4, 0.5) is 10.5 Å². The van der Waals surface area contributed by atoms with Crippen LogP contribution in [-0.4, -0.2) is 45.3 Å². The summed E-state index contributed by atoms with van der Waals surface area (Å²) in [7, 11) is 0. The Labute approximate surface area is 171 Å². The molecule has 1 aliphatic rings. The van der Waals surface area contributed by atoms with Crippen LogP contribution >= 0.6 is 11.8 Å². The smallest absolute Gasteiger partial charge is 0.339 e. The average molecular weight is 413 g/mol. The van der Waals surface area contributed by atoms with Crippen LogP contribution < -0.4 is 5.32 Å². The van der Waals surface area contributed by atoms with E-state index in [2.05, 4.69) is 10.3 Å². The van der Waals surface area contributed by atoms with Crippen molar-refractivity contribution in [1.82, 2.24) is 9.88 Å². The van der Waals surface area contributed by atoms with Crippen molar-refractivity contribution in [2.24, 2.45) is 0 Å². The minimum absolute atomic E-state index is 0.171. The van der Waals surface area contributed by atoms with E-state index >= 15 is 0 Å². The van der Waals surface area contributed by atoms with E-state index in [1.54, 1.807) is 38.1 Å². The van der Waals surface area contributed by atoms with Gasteiger partial charge in [-0.3, -0.25) is 19.3 Å². The van der Waals surface area contributed by atoms with Crippen molar-refractivity contribution < 1.29 is 23.9 Å². The summed E-state index contributed by atoms with van der Waals surface area (Å²) in [5, 5.41) is 2.48. The quantitative estimate of drug-likeness (QED) is 0.726. The highest BCUT2D eigenvalue weighted by molar-refractivity contribution is 8.14. The van der Waals surface area contributed by atoms with Crippen molar-refractivity contribution in [3.8, 4) is 0 Å². The first-order valence-electron chi connectivity index (χ1n) is 8.91. The van der Waals surface area contributed by atoms with Gasteiger partial charge in [0.1, 0.15) is 5.69 Å². The zero-order chi connectivity index (χ0) is 21.0. The second-order valence-corrected chi connectivity index (χ2v) is 7.16. The molecule has 1 aromatic carbocycles. The van der Waals surface area contributed by atoms with Gasteiger partial charge in [0.2, 0.25) is 5.91 Å². The van der Waals surface area contributed by atoms with Crippen molar-refractivity contribution >= 4 is 40.5 Å². The summed E-state index contributed by atoms with van der Waals surface area (Å²) in [4.78, 5) is 53.0. The Bertz CT molecular complexity index is 959. The number of amides is 3. The SMILES string of the molecule is CCOC(=O)c1ccc(C(=O)Nc2ccc(CN3C(=O)CSC3=O)cc2)nc1C. The number of rotatable bonds is 6. The molecule has 1 aromatic heterocycles. The lowest BCUT2D eigenvalue weighted by atomic mass is 10.1. The maximum Gasteiger partial charge on any atom is 0.339 e. The molecule has 0 spiro atoms. The Kier molecular flexibility index (Phi) is 6.28. The minimum atomic E-state index is -0.478. The Morgan fingerprint density at radius 2 is 1.90 bits per heavy atom. The predicted octanol–water partition coefficient (Wildman–Crippen LogP) is 3.01. The molecule has 0 aliphatic carbocycles. The number of carbonyl (C=O) groups excluding carboxylic acids is 4. The fourth-order valence-corrected chi connectivity index (χ4v) is 3.44. The molecule has 1 aliphatic heterocycles. The van der Waals surface area contributed by atoms with Crippen molar-refractivity contribution in [2.75, 3.05) is 17.7 Å². The number of thioether (sulfide) groups is 1. The molecular weight excluding hydrogens is 394 g/mol. The molecule has 0 unspecified atom stereocenters. The zero-order valence-electron chi connectivity index (χ0n) is 15.9. The number of imide groups is 1. The van der Waals surface area contributed by atoms with E-state index in [0.29, 0.717) is 16.9 Å². The number of nitrogens with one attached hydrogen (secondary N) is 1. The van der Waals surface area contributed by atoms with Gasteiger partial charge >= 0.3 is 5.97 Å². The summed E-state index contributed by atoms with van der Waals surface area (Å²) in [5.41, 5.74) is 2.21. The normalized spacial score (nSPS) is 13.5. The van der Waals surface area contributed by atoms with E-state index < -0.39 is 11.9 Å². The number of anilines is 1. The molecule has 3 rings (SSSR count). The first kappa shape index (κ1) is 20.5. The van der Waals surface area contributed by atoms with E-state index in [-0.39, 0.29) is 35.7 Å². The number of aryl methyl sites for hydroxylation is 1. The van der Waals surface area contributed by atoms with Crippen LogP contribution in [-0.2, 0) is 16.1 Å². The number of benzene rings is 1. The summed E-state index contributed by atoms with van der Waals surface area (Å²) < 4.78 is 4.95. The fraction of sp³-hybridized carbons (Fsp3) is 0.250. The van der Waals surface area contributed by atoms with Crippen molar-refractivity contribution in [3.63, 3.8) is 0 Å². The van der Waals surface area contributed by atoms with E-state index in [9.17, 15) is 19.2 Å². The summed E-state index contributed by atoms with van der Waals surface area (Å²) in [5.74, 6) is -0.926. The van der Waals surface area contributed by atoms with E-state index in [1.165, 1.54) is 17.0 Å². The number of hydrogen-bond acceptors (Lipinski definition) is 7. The minimum Gasteiger partial charge on any atom is -0.462 e. The maximum absolute atomic E-state index is 12.4. The van der Waals surface area contributed by atoms with Gasteiger partial charge in [-0.05, 0) is 43.7 Å². The molecular formula is C20H19N3O5S. The van der Waals surface area contributed by atoms with Gasteiger partial charge < -0.3 is 10.1 Å². The van der Waals surface area contributed by atoms with Gasteiger partial charge in [-0.25, -0.2) is 9.78 Å². The van der Waals surface area contributed by atoms with Crippen LogP contribution in [0.15, 0.2) is 36.4 Å². The molecule has 0 atom stereocenters. The lowest BCUT2D eigenvalue weighted by Gasteiger charge is -2.13. The zero-order valence-corrected chi connectivity index (χ0v) is 16.7. The molecule has 2 heterocycles. The number of ether oxygens (including phenoxy) is 1. The number of carbonyl (C=O) groups is 4. The van der Waals surface area contributed by atoms with E-state index in [4.69, 9.17) is 4.74 Å². The van der Waals surface area contributed by atoms with Crippen LogP contribution in [0.2, 0.25) is 0 Å². The predicted molar refractivity (Wildman–Crippen MR) is 108 cm³/mol. The summed E-state index contributed by atoms with van der Waals surface area (Å²) in [6, 6.07) is 9.82. The second-order valence-electron chi connectivity index (χ2n) is 6.24. The molecule has 9 heteroatoms. The van der Waals surface area contributed by atoms with Gasteiger partial charge in [0.25, 0.3) is 11.1 Å².